The van der Waals surface area contributed by atoms with Crippen LogP contribution in [0.5, 0.6) is 0 Å². The van der Waals surface area contributed by atoms with Gasteiger partial charge in [-0.05, 0) is 74.7 Å². The fourth-order valence-electron chi connectivity index (χ4n) is 6.43. The minimum Gasteiger partial charge on any atom is -0.450 e. The van der Waals surface area contributed by atoms with Gasteiger partial charge in [-0.3, -0.25) is 4.79 Å². The van der Waals surface area contributed by atoms with Crippen LogP contribution in [0.3, 0.4) is 0 Å². The van der Waals surface area contributed by atoms with Gasteiger partial charge in [-0.2, -0.15) is 0 Å². The number of terminal acetylenes is 1. The Labute approximate surface area is 154 Å². The smallest absolute Gasteiger partial charge is 0.450 e. The summed E-state index contributed by atoms with van der Waals surface area (Å²) in [5.41, 5.74) is 0.418. The molecule has 3 N–H and O–H groups in total. The first-order valence-electron chi connectivity index (χ1n) is 9.57. The lowest BCUT2D eigenvalue weighted by Gasteiger charge is -2.54. The molecule has 4 aliphatic rings. The van der Waals surface area contributed by atoms with Crippen molar-refractivity contribution in [2.75, 3.05) is 0 Å². The van der Waals surface area contributed by atoms with Crippen molar-refractivity contribution >= 4 is 11.9 Å². The van der Waals surface area contributed by atoms with E-state index in [1.807, 2.05) is 6.08 Å². The second kappa shape index (κ2) is 6.74. The van der Waals surface area contributed by atoms with Crippen molar-refractivity contribution in [2.45, 2.75) is 63.9 Å². The molecule has 5 heteroatoms. The van der Waals surface area contributed by atoms with Crippen LogP contribution in [-0.2, 0) is 4.79 Å². The van der Waals surface area contributed by atoms with E-state index in [0.717, 1.165) is 44.9 Å². The summed E-state index contributed by atoms with van der Waals surface area (Å²) < 4.78 is 0. The lowest BCUT2D eigenvalue weighted by molar-refractivity contribution is -0.116. The molecule has 3 saturated carbocycles. The summed E-state index contributed by atoms with van der Waals surface area (Å²) in [6, 6.07) is 0. The van der Waals surface area contributed by atoms with Crippen molar-refractivity contribution in [2.24, 2.45) is 29.1 Å². The molecule has 6 atom stereocenters. The maximum absolute atomic E-state index is 11.7. The van der Waals surface area contributed by atoms with Crippen molar-refractivity contribution < 1.29 is 24.9 Å². The molecule has 142 valence electrons. The van der Waals surface area contributed by atoms with Crippen LogP contribution in [0.4, 0.5) is 4.79 Å². The summed E-state index contributed by atoms with van der Waals surface area (Å²) in [4.78, 5) is 20.3. The van der Waals surface area contributed by atoms with Crippen LogP contribution in [-0.4, -0.2) is 32.9 Å². The third kappa shape index (κ3) is 2.95. The molecule has 0 aromatic heterocycles. The molecule has 0 bridgehead atoms. The lowest BCUT2D eigenvalue weighted by atomic mass is 9.50. The molecule has 0 heterocycles. The average Bonchev–Trinajstić information content (AvgIpc) is 2.86. The summed E-state index contributed by atoms with van der Waals surface area (Å²) in [6.07, 6.45) is 13.9. The predicted molar refractivity (Wildman–Crippen MR) is 96.5 cm³/mol. The van der Waals surface area contributed by atoms with E-state index in [-0.39, 0.29) is 5.41 Å². The number of carbonyl (C=O) groups excluding carboxylic acids is 1. The standard InChI is InChI=1S/C20H26O2.CH2O3/c1-3-20(22)11-9-18-17-6-4-13-12-14(21)5-7-15(13)16(17)8-10-19(18,20)2;2-1(3)4/h1,12,15-18,22H,4-11H2,2H3;(H2,2,3,4)/t15-,16+,17+,18-,19-,20-;/m0./s1. The molecule has 0 spiro atoms. The predicted octanol–water partition coefficient (Wildman–Crippen LogP) is 3.71. The highest BCUT2D eigenvalue weighted by atomic mass is 16.6. The van der Waals surface area contributed by atoms with Gasteiger partial charge in [0.05, 0.1) is 0 Å². The lowest BCUT2D eigenvalue weighted by Crippen LogP contribution is -2.52. The Morgan fingerprint density at radius 2 is 1.85 bits per heavy atom. The molecule has 4 aliphatic carbocycles. The zero-order valence-corrected chi connectivity index (χ0v) is 15.3. The van der Waals surface area contributed by atoms with Crippen LogP contribution in [0.15, 0.2) is 11.6 Å². The number of ketones is 1. The van der Waals surface area contributed by atoms with Crippen LogP contribution in [0.2, 0.25) is 0 Å². The van der Waals surface area contributed by atoms with E-state index in [9.17, 15) is 9.90 Å². The number of carboxylic acid groups (broad SMARTS) is 2. The molecule has 5 nitrogen and oxygen atoms in total. The molecular formula is C21H28O5. The van der Waals surface area contributed by atoms with Crippen molar-refractivity contribution in [3.63, 3.8) is 0 Å². The van der Waals surface area contributed by atoms with Gasteiger partial charge in [0.1, 0.15) is 5.60 Å². The highest BCUT2D eigenvalue weighted by Gasteiger charge is 2.61. The normalized spacial score (nSPS) is 43.6. The third-order valence-corrected chi connectivity index (χ3v) is 7.69. The maximum Gasteiger partial charge on any atom is 0.503 e. The topological polar surface area (TPSA) is 94.8 Å². The van der Waals surface area contributed by atoms with Gasteiger partial charge in [0.25, 0.3) is 0 Å². The minimum atomic E-state index is -1.83. The number of carbonyl (C=O) groups is 2. The Balaban J connectivity index is 0.000000447. The molecule has 0 radical (unpaired) electrons. The molecule has 4 rings (SSSR count). The number of rotatable bonds is 0. The fraction of sp³-hybridized carbons (Fsp3) is 0.714. The van der Waals surface area contributed by atoms with Crippen molar-refractivity contribution in [1.82, 2.24) is 0 Å². The summed E-state index contributed by atoms with van der Waals surface area (Å²) in [7, 11) is 0. The van der Waals surface area contributed by atoms with Crippen molar-refractivity contribution in [3.05, 3.63) is 11.6 Å². The van der Waals surface area contributed by atoms with E-state index in [2.05, 4.69) is 12.8 Å². The highest BCUT2D eigenvalue weighted by Crippen LogP contribution is 2.64. The molecule has 0 aromatic rings. The van der Waals surface area contributed by atoms with E-state index in [0.29, 0.717) is 29.5 Å². The van der Waals surface area contributed by atoms with Crippen LogP contribution < -0.4 is 0 Å². The molecule has 0 aromatic carbocycles. The minimum absolute atomic E-state index is 0.103. The second-order valence-electron chi connectivity index (χ2n) is 8.59. The zero-order valence-electron chi connectivity index (χ0n) is 15.3. The Hall–Kier alpha value is -1.80. The first kappa shape index (κ1) is 19.0. The van der Waals surface area contributed by atoms with Gasteiger partial charge in [-0.25, -0.2) is 4.79 Å². The largest absolute Gasteiger partial charge is 0.503 e. The average molecular weight is 360 g/mol. The van der Waals surface area contributed by atoms with Crippen LogP contribution in [0, 0.1) is 41.4 Å². The van der Waals surface area contributed by atoms with Crippen LogP contribution >= 0.6 is 0 Å². The van der Waals surface area contributed by atoms with Gasteiger partial charge in [-0.1, -0.05) is 18.4 Å². The number of hydrogen-bond donors (Lipinski definition) is 3. The van der Waals surface area contributed by atoms with Gasteiger partial charge in [0, 0.05) is 11.8 Å². The highest BCUT2D eigenvalue weighted by molar-refractivity contribution is 5.91. The molecule has 0 amide bonds. The molecular weight excluding hydrogens is 332 g/mol. The first-order chi connectivity index (χ1) is 12.2. The van der Waals surface area contributed by atoms with Crippen molar-refractivity contribution in [3.8, 4) is 12.3 Å². The van der Waals surface area contributed by atoms with Gasteiger partial charge >= 0.3 is 6.16 Å². The van der Waals surface area contributed by atoms with E-state index in [4.69, 9.17) is 21.4 Å². The zero-order chi connectivity index (χ0) is 19.1. The summed E-state index contributed by atoms with van der Waals surface area (Å²) in [5.74, 6) is 5.66. The van der Waals surface area contributed by atoms with Gasteiger partial charge < -0.3 is 15.3 Å². The van der Waals surface area contributed by atoms with Crippen LogP contribution in [0.1, 0.15) is 58.3 Å². The van der Waals surface area contributed by atoms with Crippen LogP contribution in [0.25, 0.3) is 0 Å². The van der Waals surface area contributed by atoms with Gasteiger partial charge in [0.15, 0.2) is 5.78 Å². The number of fused-ring (bicyclic) bond motifs is 5. The first-order valence-corrected chi connectivity index (χ1v) is 9.57. The third-order valence-electron chi connectivity index (χ3n) is 7.69. The number of hydrogen-bond acceptors (Lipinski definition) is 3. The van der Waals surface area contributed by atoms with Gasteiger partial charge in [0.2, 0.25) is 0 Å². The van der Waals surface area contributed by atoms with E-state index in [1.165, 1.54) is 12.0 Å². The molecule has 0 aliphatic heterocycles. The summed E-state index contributed by atoms with van der Waals surface area (Å²) >= 11 is 0. The SMILES string of the molecule is C#C[C@]1(O)CC[C@H]2[C@@H]3CCC4=CC(=O)CC[C@@H]4[C@H]3CC[C@@]21C.O=C(O)O. The maximum atomic E-state index is 11.7. The second-order valence-corrected chi connectivity index (χ2v) is 8.59. The van der Waals surface area contributed by atoms with E-state index < -0.39 is 11.8 Å². The fourth-order valence-corrected chi connectivity index (χ4v) is 6.43. The molecule has 3 fully saturated rings. The number of aliphatic hydroxyl groups is 1. The quantitative estimate of drug-likeness (QED) is 0.572. The molecule has 0 saturated heterocycles. The van der Waals surface area contributed by atoms with E-state index >= 15 is 0 Å². The van der Waals surface area contributed by atoms with Gasteiger partial charge in [-0.15, -0.1) is 6.42 Å². The van der Waals surface area contributed by atoms with E-state index in [1.54, 1.807) is 0 Å². The summed E-state index contributed by atoms with van der Waals surface area (Å²) in [6.45, 7) is 2.23. The Morgan fingerprint density at radius 1 is 1.15 bits per heavy atom. The monoisotopic (exact) mass is 360 g/mol. The summed E-state index contributed by atoms with van der Waals surface area (Å²) in [5, 5.41) is 24.9. The Kier molecular flexibility index (Phi) is 4.92. The molecule has 26 heavy (non-hydrogen) atoms. The number of allylic oxidation sites excluding steroid dienone is 1. The molecule has 0 unspecified atom stereocenters. The van der Waals surface area contributed by atoms with Crippen molar-refractivity contribution in [1.29, 1.82) is 0 Å². The Bertz CT molecular complexity index is 670. The Morgan fingerprint density at radius 3 is 2.50 bits per heavy atom.